The molecule has 98 valence electrons. The molecular weight excluding hydrogens is 214 g/mol. The van der Waals surface area contributed by atoms with Gasteiger partial charge in [-0.2, -0.15) is 0 Å². The van der Waals surface area contributed by atoms with Crippen molar-refractivity contribution in [3.8, 4) is 0 Å². The molecule has 3 aliphatic rings. The third kappa shape index (κ3) is 2.83. The van der Waals surface area contributed by atoms with Gasteiger partial charge >= 0.3 is 0 Å². The average Bonchev–Trinajstić information content (AvgIpc) is 2.79. The van der Waals surface area contributed by atoms with E-state index in [9.17, 15) is 0 Å². The van der Waals surface area contributed by atoms with Gasteiger partial charge in [0.25, 0.3) is 0 Å². The van der Waals surface area contributed by atoms with E-state index < -0.39 is 0 Å². The molecule has 2 aliphatic heterocycles. The van der Waals surface area contributed by atoms with Crippen molar-refractivity contribution in [1.29, 1.82) is 0 Å². The molecule has 2 unspecified atom stereocenters. The summed E-state index contributed by atoms with van der Waals surface area (Å²) in [5.74, 6) is 0. The van der Waals surface area contributed by atoms with Gasteiger partial charge in [-0.15, -0.1) is 0 Å². The molecule has 1 spiro atoms. The van der Waals surface area contributed by atoms with Crippen molar-refractivity contribution in [1.82, 2.24) is 5.32 Å². The van der Waals surface area contributed by atoms with Gasteiger partial charge in [0.1, 0.15) is 0 Å². The summed E-state index contributed by atoms with van der Waals surface area (Å²) in [7, 11) is 0. The van der Waals surface area contributed by atoms with E-state index in [4.69, 9.17) is 9.47 Å². The van der Waals surface area contributed by atoms with Crippen molar-refractivity contribution in [2.75, 3.05) is 19.8 Å². The predicted octanol–water partition coefficient (Wildman–Crippen LogP) is 2.25. The van der Waals surface area contributed by atoms with Crippen LogP contribution in [0.25, 0.3) is 0 Å². The standard InChI is InChI=1S/C14H25NO2/c1-2-4-12(5-3-1)15-13-6-8-17-14(10-13)7-9-16-11-14/h12-13,15H,1-11H2. The molecule has 3 rings (SSSR count). The van der Waals surface area contributed by atoms with Crippen LogP contribution in [0.5, 0.6) is 0 Å². The number of ether oxygens (including phenoxy) is 2. The molecule has 1 N–H and O–H groups in total. The fraction of sp³-hybridized carbons (Fsp3) is 1.00. The first-order valence-corrected chi connectivity index (χ1v) is 7.34. The topological polar surface area (TPSA) is 30.5 Å². The number of rotatable bonds is 2. The van der Waals surface area contributed by atoms with E-state index in [-0.39, 0.29) is 5.60 Å². The monoisotopic (exact) mass is 239 g/mol. The zero-order valence-electron chi connectivity index (χ0n) is 10.7. The summed E-state index contributed by atoms with van der Waals surface area (Å²) in [4.78, 5) is 0. The van der Waals surface area contributed by atoms with Crippen LogP contribution in [-0.4, -0.2) is 37.5 Å². The first-order chi connectivity index (χ1) is 8.36. The van der Waals surface area contributed by atoms with Crippen LogP contribution in [0.15, 0.2) is 0 Å². The first kappa shape index (κ1) is 11.9. The highest BCUT2D eigenvalue weighted by molar-refractivity contribution is 4.93. The Labute approximate surface area is 104 Å². The van der Waals surface area contributed by atoms with Gasteiger partial charge in [-0.05, 0) is 25.7 Å². The summed E-state index contributed by atoms with van der Waals surface area (Å²) in [5, 5.41) is 3.87. The van der Waals surface area contributed by atoms with E-state index in [1.165, 1.54) is 38.5 Å². The van der Waals surface area contributed by atoms with E-state index in [0.29, 0.717) is 6.04 Å². The summed E-state index contributed by atoms with van der Waals surface area (Å²) in [6.45, 7) is 2.61. The second kappa shape index (κ2) is 5.25. The highest BCUT2D eigenvalue weighted by Gasteiger charge is 2.41. The fourth-order valence-corrected chi connectivity index (χ4v) is 3.64. The molecule has 0 aromatic carbocycles. The normalized spacial score (nSPS) is 39.9. The molecular formula is C14H25NO2. The van der Waals surface area contributed by atoms with E-state index in [2.05, 4.69) is 5.32 Å². The average molecular weight is 239 g/mol. The molecule has 0 bridgehead atoms. The Hall–Kier alpha value is -0.120. The van der Waals surface area contributed by atoms with Crippen molar-refractivity contribution < 1.29 is 9.47 Å². The maximum atomic E-state index is 5.98. The highest BCUT2D eigenvalue weighted by atomic mass is 16.6. The van der Waals surface area contributed by atoms with Gasteiger partial charge < -0.3 is 14.8 Å². The second-order valence-electron chi connectivity index (χ2n) is 6.03. The lowest BCUT2D eigenvalue weighted by Crippen LogP contribution is -2.50. The van der Waals surface area contributed by atoms with E-state index in [0.717, 1.165) is 38.7 Å². The smallest absolute Gasteiger partial charge is 0.0951 e. The van der Waals surface area contributed by atoms with Crippen LogP contribution in [0.1, 0.15) is 51.4 Å². The Morgan fingerprint density at radius 2 is 1.82 bits per heavy atom. The zero-order chi connectivity index (χ0) is 11.6. The Morgan fingerprint density at radius 1 is 0.941 bits per heavy atom. The van der Waals surface area contributed by atoms with E-state index >= 15 is 0 Å². The summed E-state index contributed by atoms with van der Waals surface area (Å²) in [5.41, 5.74) is 0.0601. The van der Waals surface area contributed by atoms with Crippen molar-refractivity contribution in [3.63, 3.8) is 0 Å². The van der Waals surface area contributed by atoms with E-state index in [1.807, 2.05) is 0 Å². The minimum atomic E-state index is 0.0601. The first-order valence-electron chi connectivity index (χ1n) is 7.34. The second-order valence-corrected chi connectivity index (χ2v) is 6.03. The Morgan fingerprint density at radius 3 is 2.59 bits per heavy atom. The van der Waals surface area contributed by atoms with Gasteiger partial charge in [0.2, 0.25) is 0 Å². The molecule has 1 saturated carbocycles. The lowest BCUT2D eigenvalue weighted by Gasteiger charge is -2.39. The lowest BCUT2D eigenvalue weighted by molar-refractivity contribution is -0.0906. The summed E-state index contributed by atoms with van der Waals surface area (Å²) in [6.07, 6.45) is 10.4. The van der Waals surface area contributed by atoms with Gasteiger partial charge in [-0.3, -0.25) is 0 Å². The highest BCUT2D eigenvalue weighted by Crippen LogP contribution is 2.33. The van der Waals surface area contributed by atoms with E-state index in [1.54, 1.807) is 0 Å². The molecule has 0 aromatic heterocycles. The number of hydrogen-bond donors (Lipinski definition) is 1. The SMILES string of the molecule is C1CCC(NC2CCOC3(CCOC3)C2)CC1. The molecule has 17 heavy (non-hydrogen) atoms. The van der Waals surface area contributed by atoms with Gasteiger partial charge in [-0.25, -0.2) is 0 Å². The molecule has 3 nitrogen and oxygen atoms in total. The largest absolute Gasteiger partial charge is 0.378 e. The maximum absolute atomic E-state index is 5.98. The summed E-state index contributed by atoms with van der Waals surface area (Å²) < 4.78 is 11.5. The number of nitrogens with one attached hydrogen (secondary N) is 1. The van der Waals surface area contributed by atoms with Crippen LogP contribution in [0.4, 0.5) is 0 Å². The molecule has 2 heterocycles. The zero-order valence-corrected chi connectivity index (χ0v) is 10.7. The molecule has 3 heteroatoms. The summed E-state index contributed by atoms with van der Waals surface area (Å²) in [6, 6.07) is 1.43. The van der Waals surface area contributed by atoms with Crippen molar-refractivity contribution in [2.45, 2.75) is 69.1 Å². The number of hydrogen-bond acceptors (Lipinski definition) is 3. The molecule has 1 aliphatic carbocycles. The molecule has 0 radical (unpaired) electrons. The van der Waals surface area contributed by atoms with Crippen LogP contribution >= 0.6 is 0 Å². The molecule has 2 atom stereocenters. The van der Waals surface area contributed by atoms with Crippen molar-refractivity contribution in [2.24, 2.45) is 0 Å². The van der Waals surface area contributed by atoms with Crippen molar-refractivity contribution in [3.05, 3.63) is 0 Å². The predicted molar refractivity (Wildman–Crippen MR) is 67.1 cm³/mol. The van der Waals surface area contributed by atoms with Gasteiger partial charge in [0, 0.05) is 31.7 Å². The Balaban J connectivity index is 1.52. The molecule has 2 saturated heterocycles. The van der Waals surface area contributed by atoms with Crippen LogP contribution in [0.3, 0.4) is 0 Å². The van der Waals surface area contributed by atoms with Crippen LogP contribution in [0.2, 0.25) is 0 Å². The van der Waals surface area contributed by atoms with Crippen molar-refractivity contribution >= 4 is 0 Å². The van der Waals surface area contributed by atoms with Crippen LogP contribution in [0, 0.1) is 0 Å². The van der Waals surface area contributed by atoms with Crippen LogP contribution < -0.4 is 5.32 Å². The minimum absolute atomic E-state index is 0.0601. The maximum Gasteiger partial charge on any atom is 0.0951 e. The van der Waals surface area contributed by atoms with Gasteiger partial charge in [0.15, 0.2) is 0 Å². The summed E-state index contributed by atoms with van der Waals surface area (Å²) >= 11 is 0. The third-order valence-corrected chi connectivity index (χ3v) is 4.64. The fourth-order valence-electron chi connectivity index (χ4n) is 3.64. The quantitative estimate of drug-likeness (QED) is 0.801. The van der Waals surface area contributed by atoms with Gasteiger partial charge in [0.05, 0.1) is 12.2 Å². The Kier molecular flexibility index (Phi) is 3.69. The minimum Gasteiger partial charge on any atom is -0.378 e. The molecule has 0 aromatic rings. The molecule has 3 fully saturated rings. The Bertz CT molecular complexity index is 245. The molecule has 0 amide bonds. The third-order valence-electron chi connectivity index (χ3n) is 4.64. The van der Waals surface area contributed by atoms with Crippen LogP contribution in [-0.2, 0) is 9.47 Å². The van der Waals surface area contributed by atoms with Gasteiger partial charge in [-0.1, -0.05) is 19.3 Å². The lowest BCUT2D eigenvalue weighted by atomic mass is 9.88.